The van der Waals surface area contributed by atoms with Gasteiger partial charge >= 0.3 is 0 Å². The van der Waals surface area contributed by atoms with E-state index in [9.17, 15) is 9.59 Å². The zero-order valence-electron chi connectivity index (χ0n) is 27.7. The van der Waals surface area contributed by atoms with Crippen LogP contribution in [0.5, 0.6) is 0 Å². The van der Waals surface area contributed by atoms with Crippen molar-refractivity contribution in [3.8, 4) is 11.3 Å². The van der Waals surface area contributed by atoms with E-state index in [4.69, 9.17) is 26.7 Å². The first-order valence-corrected chi connectivity index (χ1v) is 19.2. The number of aromatic nitrogens is 2. The smallest absolute Gasteiger partial charge is 0.294 e. The Balaban J connectivity index is 1.51. The number of ether oxygens (including phenoxy) is 2. The minimum atomic E-state index is -1.77. The normalized spacial score (nSPS) is 23.2. The van der Waals surface area contributed by atoms with Crippen LogP contribution in [0.25, 0.3) is 27.7 Å². The topological polar surface area (TPSA) is 88.9 Å². The van der Waals surface area contributed by atoms with Crippen molar-refractivity contribution in [3.05, 3.63) is 59.4 Å². The van der Waals surface area contributed by atoms with Gasteiger partial charge in [0.05, 0.1) is 18.0 Å². The van der Waals surface area contributed by atoms with Crippen molar-refractivity contribution in [1.29, 1.82) is 0 Å². The molecule has 2 unspecified atom stereocenters. The standard InChI is InChI=1S/C35H43N5O4SSi2/c1-5-39-28-12-11-23-17-26(28)27(32(39)25-10-6-13-36-31(25)29(21-45)43-4)18-35(2,3)22-44-34(42)47-16-8-15-40(37-47)33(41)30(46)20-38-14-7-9-24(23)19-38/h6,9-13,17,21,29-30,37H,5,7-8,14-16,18-20,22H2,1-4H3/t29-,30?/m0/s1. The van der Waals surface area contributed by atoms with Crippen LogP contribution in [-0.2, 0) is 27.2 Å². The first-order chi connectivity index (χ1) is 22.6. The summed E-state index contributed by atoms with van der Waals surface area (Å²) in [5.41, 5.74) is 6.63. The molecule has 6 rings (SSSR count). The second-order valence-corrected chi connectivity index (χ2v) is 16.5. The fourth-order valence-electron chi connectivity index (χ4n) is 7.09. The molecule has 0 saturated carbocycles. The molecule has 0 aliphatic carbocycles. The van der Waals surface area contributed by atoms with E-state index in [1.54, 1.807) is 23.7 Å². The van der Waals surface area contributed by atoms with Gasteiger partial charge in [0.15, 0.2) is 0 Å². The number of methoxy groups -OCH3 is 1. The predicted molar refractivity (Wildman–Crippen MR) is 192 cm³/mol. The number of nitrogens with one attached hydrogen (secondary N) is 1. The van der Waals surface area contributed by atoms with Crippen molar-refractivity contribution < 1.29 is 19.1 Å². The zero-order chi connectivity index (χ0) is 33.3. The summed E-state index contributed by atoms with van der Waals surface area (Å²) in [6.07, 6.45) is 6.05. The van der Waals surface area contributed by atoms with Gasteiger partial charge in [0.1, 0.15) is 6.10 Å². The van der Waals surface area contributed by atoms with Gasteiger partial charge in [-0.3, -0.25) is 24.5 Å². The minimum absolute atomic E-state index is 0.0344. The van der Waals surface area contributed by atoms with E-state index in [1.807, 2.05) is 6.07 Å². The monoisotopic (exact) mass is 685 g/mol. The zero-order valence-corrected chi connectivity index (χ0v) is 30.5. The quantitative estimate of drug-likeness (QED) is 0.279. The van der Waals surface area contributed by atoms with E-state index in [1.165, 1.54) is 22.1 Å². The SMILES string of the molecule is CCn1c(-c2cccnc2[C@H](C=S)OC)c2c3cc(ccc31)C1=CCCN(C1)CC([Si])C(=O)N1CCC[Si](N1)C(=O)OCC(C)(C)C2. The molecule has 1 aromatic carbocycles. The van der Waals surface area contributed by atoms with Crippen molar-refractivity contribution in [2.45, 2.75) is 64.3 Å². The van der Waals surface area contributed by atoms with E-state index in [0.717, 1.165) is 61.0 Å². The highest BCUT2D eigenvalue weighted by Gasteiger charge is 2.36. The number of fused-ring (bicyclic) bond motifs is 6. The summed E-state index contributed by atoms with van der Waals surface area (Å²) in [5.74, 6) is -0.0344. The maximum atomic E-state index is 13.5. The number of carbonyl (C=O) groups is 2. The van der Waals surface area contributed by atoms with Gasteiger partial charge in [-0.05, 0) is 73.2 Å². The fraction of sp³-hybridized carbons (Fsp3) is 0.486. The summed E-state index contributed by atoms with van der Waals surface area (Å²) >= 11 is 5.37. The third kappa shape index (κ3) is 6.95. The van der Waals surface area contributed by atoms with Gasteiger partial charge < -0.3 is 14.0 Å². The molecule has 9 nitrogen and oxygen atoms in total. The number of nitrogens with zero attached hydrogens (tertiary/aromatic N) is 4. The maximum absolute atomic E-state index is 13.5. The molecule has 1 amide bonds. The maximum Gasteiger partial charge on any atom is 0.294 e. The third-order valence-electron chi connectivity index (χ3n) is 9.40. The predicted octanol–water partition coefficient (Wildman–Crippen LogP) is 5.49. The van der Waals surface area contributed by atoms with Gasteiger partial charge in [-0.2, -0.15) is 0 Å². The van der Waals surface area contributed by atoms with Crippen LogP contribution in [0.15, 0.2) is 42.6 Å². The summed E-state index contributed by atoms with van der Waals surface area (Å²) in [5, 5.41) is 7.72. The molecule has 0 spiro atoms. The van der Waals surface area contributed by atoms with Crippen LogP contribution in [0.4, 0.5) is 4.79 Å². The first-order valence-electron chi connectivity index (χ1n) is 16.5. The van der Waals surface area contributed by atoms with Gasteiger partial charge in [-0.25, -0.2) is 5.09 Å². The van der Waals surface area contributed by atoms with E-state index in [-0.39, 0.29) is 29.1 Å². The Kier molecular flexibility index (Phi) is 10.3. The van der Waals surface area contributed by atoms with Crippen LogP contribution in [0.3, 0.4) is 0 Å². The molecule has 3 aromatic rings. The van der Waals surface area contributed by atoms with E-state index < -0.39 is 15.1 Å². The summed E-state index contributed by atoms with van der Waals surface area (Å²) in [6, 6.07) is 11.6. The van der Waals surface area contributed by atoms with Gasteiger partial charge in [0.2, 0.25) is 5.91 Å². The van der Waals surface area contributed by atoms with Gasteiger partial charge in [0.25, 0.3) is 14.6 Å². The van der Waals surface area contributed by atoms with Crippen LogP contribution in [-0.4, -0.2) is 95.4 Å². The van der Waals surface area contributed by atoms with Crippen LogP contribution in [0, 0.1) is 5.41 Å². The second-order valence-electron chi connectivity index (χ2n) is 13.4. The highest BCUT2D eigenvalue weighted by Crippen LogP contribution is 2.41. The number of thiocarbonyl (C=S) groups is 1. The molecular formula is C35H43N5O4SSi2. The molecule has 3 aliphatic heterocycles. The molecule has 1 saturated heterocycles. The summed E-state index contributed by atoms with van der Waals surface area (Å²) in [6.45, 7) is 10.3. The number of benzene rings is 1. The van der Waals surface area contributed by atoms with Crippen molar-refractivity contribution in [3.63, 3.8) is 0 Å². The van der Waals surface area contributed by atoms with Crippen molar-refractivity contribution in [2.24, 2.45) is 5.41 Å². The molecule has 47 heavy (non-hydrogen) atoms. The lowest BCUT2D eigenvalue weighted by molar-refractivity contribution is -0.133. The summed E-state index contributed by atoms with van der Waals surface area (Å²) in [7, 11) is 3.64. The Hall–Kier alpha value is -3.01. The molecule has 246 valence electrons. The lowest BCUT2D eigenvalue weighted by atomic mass is 9.84. The van der Waals surface area contributed by atoms with E-state index >= 15 is 0 Å². The van der Waals surface area contributed by atoms with Crippen LogP contribution in [0.2, 0.25) is 11.6 Å². The molecule has 12 heteroatoms. The van der Waals surface area contributed by atoms with Crippen LogP contribution in [0.1, 0.15) is 56.5 Å². The summed E-state index contributed by atoms with van der Waals surface area (Å²) in [4.78, 5) is 34.0. The molecule has 3 aliphatic rings. The highest BCUT2D eigenvalue weighted by atomic mass is 32.1. The van der Waals surface area contributed by atoms with Crippen molar-refractivity contribution in [2.75, 3.05) is 39.9 Å². The molecule has 1 N–H and O–H groups in total. The Morgan fingerprint density at radius 1 is 1.28 bits per heavy atom. The Morgan fingerprint density at radius 2 is 2.11 bits per heavy atom. The lowest BCUT2D eigenvalue weighted by Gasteiger charge is -2.35. The number of cyclic esters (lactones) is 1. The van der Waals surface area contributed by atoms with Gasteiger partial charge in [0, 0.05) is 89.1 Å². The Bertz CT molecular complexity index is 1710. The van der Waals surface area contributed by atoms with Crippen molar-refractivity contribution in [1.82, 2.24) is 24.6 Å². The second kappa shape index (κ2) is 14.2. The number of hydrogen-bond acceptors (Lipinski definition) is 8. The molecule has 2 aromatic heterocycles. The average Bonchev–Trinajstić information content (AvgIpc) is 3.38. The van der Waals surface area contributed by atoms with Gasteiger partial charge in [-0.15, -0.1) is 0 Å². The van der Waals surface area contributed by atoms with Crippen LogP contribution >= 0.6 is 12.2 Å². The number of carbonyl (C=O) groups excluding carboxylic acids is 2. The molecule has 1 fully saturated rings. The lowest BCUT2D eigenvalue weighted by Crippen LogP contribution is -2.59. The fourth-order valence-corrected chi connectivity index (χ4v) is 9.46. The number of pyridine rings is 1. The Morgan fingerprint density at radius 3 is 2.87 bits per heavy atom. The minimum Gasteiger partial charge on any atom is -0.468 e. The molecule has 4 radical (unpaired) electrons. The van der Waals surface area contributed by atoms with Crippen LogP contribution < -0.4 is 5.09 Å². The van der Waals surface area contributed by atoms with Gasteiger partial charge in [-0.1, -0.05) is 38.2 Å². The Labute approximate surface area is 287 Å². The molecule has 3 atom stereocenters. The molecular weight excluding hydrogens is 643 g/mol. The molecule has 5 heterocycles. The number of hydrazine groups is 1. The third-order valence-corrected chi connectivity index (χ3v) is 12.1. The van der Waals surface area contributed by atoms with Crippen molar-refractivity contribution >= 4 is 64.8 Å². The number of amides is 1. The average molecular weight is 686 g/mol. The number of hydrogen-bond donors (Lipinski definition) is 1. The first kappa shape index (κ1) is 33.9. The number of rotatable bonds is 5. The summed E-state index contributed by atoms with van der Waals surface area (Å²) < 4.78 is 14.2. The largest absolute Gasteiger partial charge is 0.468 e. The number of aryl methyl sites for hydroxylation is 1. The highest BCUT2D eigenvalue weighted by molar-refractivity contribution is 7.79. The van der Waals surface area contributed by atoms with E-state index in [2.05, 4.69) is 75.9 Å². The van der Waals surface area contributed by atoms with E-state index in [0.29, 0.717) is 19.5 Å². The molecule has 6 bridgehead atoms.